The SMILES string of the molecule is CCCCCCCCCC1CCC(C2(c3cc(F)cc(F)c3)C=CC=CC2)CC1. The van der Waals surface area contributed by atoms with Crippen LogP contribution in [0.3, 0.4) is 0 Å². The molecule has 0 aliphatic heterocycles. The second-order valence-electron chi connectivity index (χ2n) is 9.32. The maximum absolute atomic E-state index is 14.0. The van der Waals surface area contributed by atoms with Gasteiger partial charge in [-0.15, -0.1) is 0 Å². The molecule has 2 heteroatoms. The molecule has 0 nitrogen and oxygen atoms in total. The molecule has 1 aromatic carbocycles. The van der Waals surface area contributed by atoms with Gasteiger partial charge in [0.2, 0.25) is 0 Å². The van der Waals surface area contributed by atoms with Crippen molar-refractivity contribution in [2.24, 2.45) is 11.8 Å². The molecule has 0 heterocycles. The Morgan fingerprint density at radius 2 is 1.48 bits per heavy atom. The summed E-state index contributed by atoms with van der Waals surface area (Å²) in [5.74, 6) is 0.381. The third-order valence-corrected chi connectivity index (χ3v) is 7.29. The Morgan fingerprint density at radius 3 is 2.10 bits per heavy atom. The normalized spacial score (nSPS) is 26.7. The van der Waals surface area contributed by atoms with Crippen LogP contribution in [0.15, 0.2) is 42.5 Å². The fourth-order valence-corrected chi connectivity index (χ4v) is 5.57. The van der Waals surface area contributed by atoms with Gasteiger partial charge in [0.25, 0.3) is 0 Å². The Hall–Kier alpha value is -1.44. The van der Waals surface area contributed by atoms with E-state index in [0.717, 1.165) is 36.8 Å². The molecule has 1 fully saturated rings. The van der Waals surface area contributed by atoms with Crippen molar-refractivity contribution in [2.75, 3.05) is 0 Å². The Bertz CT molecular complexity index is 662. The Balaban J connectivity index is 1.53. The summed E-state index contributed by atoms with van der Waals surface area (Å²) in [5, 5.41) is 0. The molecule has 1 unspecified atom stereocenters. The van der Waals surface area contributed by atoms with Gasteiger partial charge in [0, 0.05) is 11.5 Å². The molecule has 0 N–H and O–H groups in total. The van der Waals surface area contributed by atoms with E-state index in [-0.39, 0.29) is 5.41 Å². The third-order valence-electron chi connectivity index (χ3n) is 7.29. The molecule has 0 bridgehead atoms. The van der Waals surface area contributed by atoms with E-state index in [2.05, 4.69) is 31.2 Å². The lowest BCUT2D eigenvalue weighted by atomic mass is 9.61. The van der Waals surface area contributed by atoms with Crippen LogP contribution >= 0.6 is 0 Å². The van der Waals surface area contributed by atoms with Gasteiger partial charge in [-0.2, -0.15) is 0 Å². The number of benzene rings is 1. The van der Waals surface area contributed by atoms with E-state index < -0.39 is 11.6 Å². The van der Waals surface area contributed by atoms with E-state index >= 15 is 0 Å². The largest absolute Gasteiger partial charge is 0.207 e. The van der Waals surface area contributed by atoms with Crippen LogP contribution < -0.4 is 0 Å². The van der Waals surface area contributed by atoms with Crippen molar-refractivity contribution < 1.29 is 8.78 Å². The number of hydrogen-bond donors (Lipinski definition) is 0. The first-order valence-corrected chi connectivity index (χ1v) is 11.9. The maximum Gasteiger partial charge on any atom is 0.126 e. The summed E-state index contributed by atoms with van der Waals surface area (Å²) >= 11 is 0. The summed E-state index contributed by atoms with van der Waals surface area (Å²) in [7, 11) is 0. The molecule has 3 rings (SSSR count). The molecule has 1 atom stereocenters. The number of halogens is 2. The summed E-state index contributed by atoms with van der Waals surface area (Å²) in [4.78, 5) is 0. The van der Waals surface area contributed by atoms with Crippen LogP contribution in [0.4, 0.5) is 8.78 Å². The van der Waals surface area contributed by atoms with Crippen LogP contribution in [0.1, 0.15) is 96.0 Å². The highest BCUT2D eigenvalue weighted by molar-refractivity contribution is 5.37. The third kappa shape index (κ3) is 6.03. The van der Waals surface area contributed by atoms with Crippen LogP contribution in [-0.4, -0.2) is 0 Å². The number of unbranched alkanes of at least 4 members (excludes halogenated alkanes) is 6. The van der Waals surface area contributed by atoms with Gasteiger partial charge in [0.1, 0.15) is 11.6 Å². The van der Waals surface area contributed by atoms with Gasteiger partial charge >= 0.3 is 0 Å². The molecule has 0 amide bonds. The first kappa shape index (κ1) is 22.2. The van der Waals surface area contributed by atoms with Gasteiger partial charge in [-0.25, -0.2) is 8.78 Å². The fourth-order valence-electron chi connectivity index (χ4n) is 5.57. The molecular weight excluding hydrogens is 362 g/mol. The van der Waals surface area contributed by atoms with Crippen LogP contribution in [0.25, 0.3) is 0 Å². The van der Waals surface area contributed by atoms with E-state index in [9.17, 15) is 8.78 Å². The van der Waals surface area contributed by atoms with Crippen molar-refractivity contribution in [1.82, 2.24) is 0 Å². The van der Waals surface area contributed by atoms with Gasteiger partial charge in [0.15, 0.2) is 0 Å². The quantitative estimate of drug-likeness (QED) is 0.345. The predicted octanol–water partition coefficient (Wildman–Crippen LogP) is 8.67. The Morgan fingerprint density at radius 1 is 0.828 bits per heavy atom. The number of allylic oxidation sites excluding steroid dienone is 4. The highest BCUT2D eigenvalue weighted by atomic mass is 19.1. The van der Waals surface area contributed by atoms with E-state index in [1.807, 2.05) is 0 Å². The van der Waals surface area contributed by atoms with E-state index in [0.29, 0.717) is 5.92 Å². The van der Waals surface area contributed by atoms with Crippen LogP contribution in [0, 0.1) is 23.5 Å². The van der Waals surface area contributed by atoms with Gasteiger partial charge in [-0.3, -0.25) is 0 Å². The summed E-state index contributed by atoms with van der Waals surface area (Å²) in [6, 6.07) is 4.09. The number of hydrogen-bond acceptors (Lipinski definition) is 0. The molecule has 1 aromatic rings. The van der Waals surface area contributed by atoms with Crippen LogP contribution in [-0.2, 0) is 5.41 Å². The van der Waals surface area contributed by atoms with Gasteiger partial charge in [-0.05, 0) is 48.8 Å². The van der Waals surface area contributed by atoms with Crippen LogP contribution in [0.5, 0.6) is 0 Å². The fraction of sp³-hybridized carbons (Fsp3) is 0.630. The van der Waals surface area contributed by atoms with Crippen molar-refractivity contribution in [3.05, 3.63) is 59.7 Å². The first-order valence-electron chi connectivity index (χ1n) is 11.9. The molecule has 0 spiro atoms. The minimum Gasteiger partial charge on any atom is -0.207 e. The van der Waals surface area contributed by atoms with E-state index in [1.54, 1.807) is 12.1 Å². The lowest BCUT2D eigenvalue weighted by molar-refractivity contribution is 0.192. The zero-order valence-corrected chi connectivity index (χ0v) is 18.1. The predicted molar refractivity (Wildman–Crippen MR) is 119 cm³/mol. The summed E-state index contributed by atoms with van der Waals surface area (Å²) in [6.45, 7) is 2.27. The molecule has 0 radical (unpaired) electrons. The molecule has 0 saturated heterocycles. The van der Waals surface area contributed by atoms with E-state index in [4.69, 9.17) is 0 Å². The van der Waals surface area contributed by atoms with Crippen molar-refractivity contribution >= 4 is 0 Å². The monoisotopic (exact) mass is 400 g/mol. The minimum atomic E-state index is -0.463. The van der Waals surface area contributed by atoms with Crippen LogP contribution in [0.2, 0.25) is 0 Å². The smallest absolute Gasteiger partial charge is 0.126 e. The van der Waals surface area contributed by atoms with E-state index in [1.165, 1.54) is 64.2 Å². The zero-order chi connectivity index (χ0) is 20.5. The second kappa shape index (κ2) is 11.1. The van der Waals surface area contributed by atoms with Crippen molar-refractivity contribution in [3.8, 4) is 0 Å². The summed E-state index contributed by atoms with van der Waals surface area (Å²) < 4.78 is 27.9. The number of rotatable bonds is 10. The molecule has 0 aromatic heterocycles. The first-order chi connectivity index (χ1) is 14.1. The minimum absolute atomic E-state index is 0.248. The maximum atomic E-state index is 14.0. The van der Waals surface area contributed by atoms with Crippen molar-refractivity contribution in [1.29, 1.82) is 0 Å². The standard InChI is InChI=1S/C27H38F2/c1-2-3-4-5-6-7-9-12-22-13-15-23(16-14-22)27(17-10-8-11-18-27)24-19-25(28)21-26(29)20-24/h8,10-11,17,19-23H,2-7,9,12-16,18H2,1H3. The van der Waals surface area contributed by atoms with Crippen molar-refractivity contribution in [2.45, 2.75) is 95.8 Å². The summed E-state index contributed by atoms with van der Waals surface area (Å²) in [5.41, 5.74) is 0.563. The zero-order valence-electron chi connectivity index (χ0n) is 18.1. The van der Waals surface area contributed by atoms with Gasteiger partial charge in [0.05, 0.1) is 0 Å². The Kier molecular flexibility index (Phi) is 8.51. The average Bonchev–Trinajstić information content (AvgIpc) is 2.73. The highest BCUT2D eigenvalue weighted by Gasteiger charge is 2.40. The van der Waals surface area contributed by atoms with Gasteiger partial charge in [-0.1, -0.05) is 95.4 Å². The van der Waals surface area contributed by atoms with Crippen molar-refractivity contribution in [3.63, 3.8) is 0 Å². The molecule has 29 heavy (non-hydrogen) atoms. The lowest BCUT2D eigenvalue weighted by Crippen LogP contribution is -2.36. The molecular formula is C27H38F2. The highest BCUT2D eigenvalue weighted by Crippen LogP contribution is 2.48. The summed E-state index contributed by atoms with van der Waals surface area (Å²) in [6.07, 6.45) is 25.2. The lowest BCUT2D eigenvalue weighted by Gasteiger charge is -2.43. The second-order valence-corrected chi connectivity index (χ2v) is 9.32. The molecule has 2 aliphatic carbocycles. The van der Waals surface area contributed by atoms with Gasteiger partial charge < -0.3 is 0 Å². The Labute approximate surface area is 176 Å². The molecule has 2 aliphatic rings. The molecule has 1 saturated carbocycles. The topological polar surface area (TPSA) is 0 Å². The molecule has 160 valence electrons. The average molecular weight is 401 g/mol.